The van der Waals surface area contributed by atoms with E-state index in [0.29, 0.717) is 11.0 Å². The molecular formula is C43H49N3O11. The van der Waals surface area contributed by atoms with Gasteiger partial charge in [-0.05, 0) is 32.1 Å². The van der Waals surface area contributed by atoms with Crippen LogP contribution in [0.1, 0.15) is 64.4 Å². The fraction of sp³-hybridized carbons (Fsp3) is 0.419. The Balaban J connectivity index is 1.58. The SMILES string of the molecule is COC1/C=C/OC2(C)Oc3c(C)c(=O)c4c(O)c(c5[nH]c6ccccc6nc5c4c3C2=O)NC(=O)/C(C)=C/C=C/C(C)C(O)C(C)C(O)C(C)C(OC(C)=O)C1C. The molecule has 0 fully saturated rings. The van der Waals surface area contributed by atoms with Crippen LogP contribution < -0.4 is 15.5 Å². The number of nitrogens with one attached hydrogen (secondary N) is 2. The van der Waals surface area contributed by atoms with Gasteiger partial charge in [-0.1, -0.05) is 58.1 Å². The summed E-state index contributed by atoms with van der Waals surface area (Å²) < 4.78 is 23.7. The fourth-order valence-corrected chi connectivity index (χ4v) is 7.87. The molecule has 0 aliphatic carbocycles. The second-order valence-corrected chi connectivity index (χ2v) is 15.3. The number of rotatable bonds is 2. The van der Waals surface area contributed by atoms with Crippen LogP contribution in [0, 0.1) is 30.6 Å². The third-order valence-electron chi connectivity index (χ3n) is 11.4. The molecule has 0 saturated carbocycles. The van der Waals surface area contributed by atoms with Crippen molar-refractivity contribution in [3.63, 3.8) is 0 Å². The molecule has 3 aromatic carbocycles. The third kappa shape index (κ3) is 7.28. The van der Waals surface area contributed by atoms with E-state index in [-0.39, 0.29) is 49.9 Å². The summed E-state index contributed by atoms with van der Waals surface area (Å²) in [5.41, 5.74) is 0.736. The van der Waals surface area contributed by atoms with Gasteiger partial charge >= 0.3 is 11.8 Å². The highest BCUT2D eigenvalue weighted by atomic mass is 16.7. The van der Waals surface area contributed by atoms with Crippen molar-refractivity contribution < 1.29 is 48.7 Å². The van der Waals surface area contributed by atoms with E-state index in [1.807, 2.05) is 0 Å². The molecular weight excluding hydrogens is 734 g/mol. The number of fused-ring (bicyclic) bond motifs is 2. The molecule has 9 unspecified atom stereocenters. The number of aromatic amines is 1. The van der Waals surface area contributed by atoms with E-state index in [1.165, 1.54) is 46.3 Å². The number of allylic oxidation sites excluding steroid dienone is 2. The van der Waals surface area contributed by atoms with Crippen LogP contribution in [-0.2, 0) is 23.8 Å². The highest BCUT2D eigenvalue weighted by molar-refractivity contribution is 6.27. The molecule has 302 valence electrons. The van der Waals surface area contributed by atoms with Crippen LogP contribution in [0.15, 0.2) is 65.2 Å². The Labute approximate surface area is 329 Å². The standard InChI is InChI=1S/C43H49N3O11/c1-19-13-12-14-20(2)42(53)46-34-33-32(44-26-15-10-11-16-27(26)45-33)29-30(38(34)51)37(50)24(6)40-31(29)41(52)43(8,57-40)55-18-17-28(54-9)21(3)39(56-25(7)47)23(5)36(49)22(4)35(19)48/h10-19,21-23,28,35-36,39,45,48-49,51H,1-9H3,(H,46,53)/b13-12+,18-17+,20-14+. The Hall–Kier alpha value is -5.57. The number of aromatic nitrogens is 2. The molecule has 0 radical (unpaired) electrons. The molecule has 4 aromatic rings. The summed E-state index contributed by atoms with van der Waals surface area (Å²) in [4.78, 5) is 62.8. The van der Waals surface area contributed by atoms with Crippen molar-refractivity contribution in [2.75, 3.05) is 12.4 Å². The first kappa shape index (κ1) is 41.1. The predicted octanol–water partition coefficient (Wildman–Crippen LogP) is 5.73. The van der Waals surface area contributed by atoms with E-state index >= 15 is 0 Å². The van der Waals surface area contributed by atoms with E-state index in [1.54, 1.807) is 71.0 Å². The van der Waals surface area contributed by atoms with E-state index < -0.39 is 82.7 Å². The van der Waals surface area contributed by atoms with Crippen LogP contribution in [0.2, 0.25) is 0 Å². The van der Waals surface area contributed by atoms with Gasteiger partial charge in [-0.15, -0.1) is 0 Å². The average molecular weight is 784 g/mol. The molecule has 0 spiro atoms. The number of nitrogens with zero attached hydrogens (tertiary/aromatic N) is 1. The number of carbonyl (C=O) groups excluding carboxylic acids is 3. The van der Waals surface area contributed by atoms with Crippen LogP contribution in [0.25, 0.3) is 32.8 Å². The fourth-order valence-electron chi connectivity index (χ4n) is 7.87. The van der Waals surface area contributed by atoms with Crippen molar-refractivity contribution in [3.8, 4) is 11.5 Å². The van der Waals surface area contributed by atoms with E-state index in [2.05, 4.69) is 10.3 Å². The molecule has 5 N–H and O–H groups in total. The first-order valence-corrected chi connectivity index (χ1v) is 18.9. The van der Waals surface area contributed by atoms with Crippen molar-refractivity contribution >= 4 is 56.2 Å². The minimum Gasteiger partial charge on any atom is -0.505 e. The average Bonchev–Trinajstić information content (AvgIpc) is 3.45. The summed E-state index contributed by atoms with van der Waals surface area (Å²) in [6, 6.07) is 7.05. The topological polar surface area (TPSA) is 207 Å². The molecule has 2 aliphatic rings. The number of aliphatic hydroxyl groups is 2. The number of hydrogen-bond acceptors (Lipinski definition) is 12. The van der Waals surface area contributed by atoms with Crippen LogP contribution >= 0.6 is 0 Å². The van der Waals surface area contributed by atoms with Gasteiger partial charge in [-0.3, -0.25) is 19.2 Å². The number of aromatic hydroxyl groups is 1. The molecule has 3 heterocycles. The second-order valence-electron chi connectivity index (χ2n) is 15.3. The van der Waals surface area contributed by atoms with Crippen LogP contribution in [0.3, 0.4) is 0 Å². The quantitative estimate of drug-likeness (QED) is 0.0715. The predicted molar refractivity (Wildman–Crippen MR) is 214 cm³/mol. The molecule has 1 aromatic heterocycles. The number of anilines is 1. The Morgan fingerprint density at radius 3 is 2.35 bits per heavy atom. The number of aliphatic hydroxyl groups excluding tert-OH is 2. The van der Waals surface area contributed by atoms with Crippen molar-refractivity contribution in [3.05, 3.63) is 81.8 Å². The summed E-state index contributed by atoms with van der Waals surface area (Å²) in [7, 11) is 1.45. The van der Waals surface area contributed by atoms with Crippen molar-refractivity contribution in [2.24, 2.45) is 23.7 Å². The van der Waals surface area contributed by atoms with Gasteiger partial charge in [0.1, 0.15) is 17.5 Å². The number of phenols is 1. The number of ether oxygens (including phenoxy) is 4. The zero-order valence-electron chi connectivity index (χ0n) is 33.4. The largest absolute Gasteiger partial charge is 0.505 e. The lowest BCUT2D eigenvalue weighted by atomic mass is 9.78. The molecule has 14 heteroatoms. The zero-order valence-corrected chi connectivity index (χ0v) is 33.4. The molecule has 57 heavy (non-hydrogen) atoms. The molecule has 14 nitrogen and oxygen atoms in total. The number of Topliss-reactive ketones (excluding diaryl/α,β-unsaturated/α-hetero) is 1. The highest BCUT2D eigenvalue weighted by Gasteiger charge is 2.49. The van der Waals surface area contributed by atoms with Gasteiger partial charge in [0.15, 0.2) is 11.2 Å². The summed E-state index contributed by atoms with van der Waals surface area (Å²) >= 11 is 0. The molecule has 2 aliphatic heterocycles. The van der Waals surface area contributed by atoms with Crippen molar-refractivity contribution in [1.82, 2.24) is 9.97 Å². The van der Waals surface area contributed by atoms with E-state index in [4.69, 9.17) is 23.9 Å². The van der Waals surface area contributed by atoms with Gasteiger partial charge in [0.05, 0.1) is 57.6 Å². The van der Waals surface area contributed by atoms with Gasteiger partial charge < -0.3 is 44.6 Å². The molecule has 1 amide bonds. The Bertz CT molecular complexity index is 2430. The number of para-hydroxylation sites is 2. The number of carbonyl (C=O) groups is 3. The van der Waals surface area contributed by atoms with Gasteiger partial charge in [-0.25, -0.2) is 4.98 Å². The Kier molecular flexibility index (Phi) is 11.4. The third-order valence-corrected chi connectivity index (χ3v) is 11.4. The maximum Gasteiger partial charge on any atom is 0.312 e. The monoisotopic (exact) mass is 783 g/mol. The minimum absolute atomic E-state index is 0.0148. The van der Waals surface area contributed by atoms with Gasteiger partial charge in [0.2, 0.25) is 0 Å². The molecule has 6 rings (SSSR count). The van der Waals surface area contributed by atoms with E-state index in [0.717, 1.165) is 0 Å². The highest BCUT2D eigenvalue weighted by Crippen LogP contribution is 2.47. The maximum atomic E-state index is 14.5. The molecule has 4 bridgehead atoms. The number of esters is 1. The lowest BCUT2D eigenvalue weighted by Crippen LogP contribution is -2.46. The van der Waals surface area contributed by atoms with E-state index in [9.17, 15) is 34.5 Å². The van der Waals surface area contributed by atoms with Crippen LogP contribution in [0.4, 0.5) is 5.69 Å². The minimum atomic E-state index is -1.99. The van der Waals surface area contributed by atoms with Gasteiger partial charge in [0.25, 0.3) is 11.7 Å². The lowest BCUT2D eigenvalue weighted by Gasteiger charge is -2.38. The first-order chi connectivity index (χ1) is 26.9. The first-order valence-electron chi connectivity index (χ1n) is 18.9. The Morgan fingerprint density at radius 1 is 0.965 bits per heavy atom. The van der Waals surface area contributed by atoms with Crippen molar-refractivity contribution in [1.29, 1.82) is 0 Å². The number of phenolic OH excluding ortho intramolecular Hbond substituents is 1. The summed E-state index contributed by atoms with van der Waals surface area (Å²) in [5.74, 6) is -6.89. The summed E-state index contributed by atoms with van der Waals surface area (Å²) in [6.45, 7) is 12.6. The summed E-state index contributed by atoms with van der Waals surface area (Å²) in [6.07, 6.45) is 3.76. The molecule has 9 atom stereocenters. The second kappa shape index (κ2) is 15.8. The lowest BCUT2D eigenvalue weighted by molar-refractivity contribution is -0.160. The summed E-state index contributed by atoms with van der Waals surface area (Å²) in [5, 5.41) is 37.3. The number of benzene rings is 3. The van der Waals surface area contributed by atoms with Crippen LogP contribution in [0.5, 0.6) is 11.5 Å². The number of H-pyrrole nitrogens is 1. The maximum absolute atomic E-state index is 14.5. The van der Waals surface area contributed by atoms with Crippen molar-refractivity contribution in [2.45, 2.75) is 85.6 Å². The van der Waals surface area contributed by atoms with Gasteiger partial charge in [-0.2, -0.15) is 0 Å². The number of ketones is 1. The number of amides is 1. The number of hydrogen-bond donors (Lipinski definition) is 5. The normalized spacial score (nSPS) is 30.8. The zero-order chi connectivity index (χ0) is 41.7. The Morgan fingerprint density at radius 2 is 1.67 bits per heavy atom. The number of methoxy groups -OCH3 is 1. The smallest absolute Gasteiger partial charge is 0.312 e. The molecule has 0 saturated heterocycles. The van der Waals surface area contributed by atoms with Gasteiger partial charge in [0, 0.05) is 61.2 Å². The van der Waals surface area contributed by atoms with Crippen LogP contribution in [-0.4, -0.2) is 80.3 Å².